The number of rotatable bonds is 11. The molecule has 0 spiro atoms. The average molecular weight is 570 g/mol. The Morgan fingerprint density at radius 1 is 0.912 bits per heavy atom. The first-order valence-corrected chi connectivity index (χ1v) is 12.6. The molecule has 0 aromatic heterocycles. The second kappa shape index (κ2) is 13.1. The summed E-state index contributed by atoms with van der Waals surface area (Å²) >= 11 is 2.22. The summed E-state index contributed by atoms with van der Waals surface area (Å²) in [4.78, 5) is 28.6. The van der Waals surface area contributed by atoms with Gasteiger partial charge in [0.05, 0.1) is 0 Å². The van der Waals surface area contributed by atoms with Gasteiger partial charge in [-0.3, -0.25) is 9.59 Å². The highest BCUT2D eigenvalue weighted by atomic mass is 127. The van der Waals surface area contributed by atoms with Crippen LogP contribution >= 0.6 is 22.6 Å². The van der Waals surface area contributed by atoms with Gasteiger partial charge < -0.3 is 15.0 Å². The number of ether oxygens (including phenoxy) is 1. The minimum atomic E-state index is -0.663. The van der Waals surface area contributed by atoms with Crippen molar-refractivity contribution in [3.8, 4) is 5.75 Å². The fourth-order valence-electron chi connectivity index (χ4n) is 3.53. The first-order valence-electron chi connectivity index (χ1n) is 11.5. The molecule has 0 radical (unpaired) electrons. The van der Waals surface area contributed by atoms with Gasteiger partial charge in [0.2, 0.25) is 5.91 Å². The van der Waals surface area contributed by atoms with E-state index in [0.717, 1.165) is 21.1 Å². The van der Waals surface area contributed by atoms with Gasteiger partial charge in [0, 0.05) is 22.6 Å². The van der Waals surface area contributed by atoms with E-state index in [9.17, 15) is 9.59 Å². The molecule has 0 fully saturated rings. The summed E-state index contributed by atoms with van der Waals surface area (Å²) < 4.78 is 6.89. The summed E-state index contributed by atoms with van der Waals surface area (Å²) in [5.74, 6) is 0.233. The fourth-order valence-corrected chi connectivity index (χ4v) is 3.89. The van der Waals surface area contributed by atoms with Crippen LogP contribution in [0.25, 0.3) is 0 Å². The lowest BCUT2D eigenvalue weighted by Crippen LogP contribution is -2.53. The van der Waals surface area contributed by atoms with Gasteiger partial charge in [-0.15, -0.1) is 0 Å². The van der Waals surface area contributed by atoms with Crippen LogP contribution in [0.1, 0.15) is 31.4 Å². The molecular formula is C28H31IN2O3. The van der Waals surface area contributed by atoms with E-state index in [1.807, 2.05) is 98.8 Å². The maximum Gasteiger partial charge on any atom is 0.261 e. The van der Waals surface area contributed by atoms with Gasteiger partial charge in [-0.05, 0) is 71.3 Å². The Labute approximate surface area is 215 Å². The Bertz CT molecular complexity index is 1040. The van der Waals surface area contributed by atoms with Crippen molar-refractivity contribution in [3.63, 3.8) is 0 Å². The number of nitrogens with zero attached hydrogens (tertiary/aromatic N) is 1. The number of amides is 2. The summed E-state index contributed by atoms with van der Waals surface area (Å²) in [6, 6.07) is 26.4. The summed E-state index contributed by atoms with van der Waals surface area (Å²) in [5.41, 5.74) is 1.95. The van der Waals surface area contributed by atoms with Gasteiger partial charge in [-0.1, -0.05) is 67.6 Å². The molecule has 3 rings (SSSR count). The summed E-state index contributed by atoms with van der Waals surface area (Å²) in [5, 5.41) is 3.08. The van der Waals surface area contributed by atoms with E-state index in [0.29, 0.717) is 18.7 Å². The Kier molecular flexibility index (Phi) is 9.94. The lowest BCUT2D eigenvalue weighted by molar-refractivity contribution is -0.143. The molecular weight excluding hydrogens is 539 g/mol. The molecule has 0 bridgehead atoms. The van der Waals surface area contributed by atoms with Crippen molar-refractivity contribution in [3.05, 3.63) is 99.6 Å². The van der Waals surface area contributed by atoms with Crippen LogP contribution < -0.4 is 10.1 Å². The number of halogens is 1. The molecule has 0 saturated carbocycles. The highest BCUT2D eigenvalue weighted by Gasteiger charge is 2.31. The Balaban J connectivity index is 1.88. The van der Waals surface area contributed by atoms with E-state index in [1.165, 1.54) is 0 Å². The van der Waals surface area contributed by atoms with Crippen molar-refractivity contribution in [2.45, 2.75) is 45.3 Å². The first kappa shape index (κ1) is 25.7. The molecule has 1 N–H and O–H groups in total. The van der Waals surface area contributed by atoms with E-state index in [4.69, 9.17) is 4.74 Å². The average Bonchev–Trinajstić information content (AvgIpc) is 2.86. The van der Waals surface area contributed by atoms with Crippen molar-refractivity contribution in [1.29, 1.82) is 0 Å². The molecule has 2 atom stereocenters. The van der Waals surface area contributed by atoms with Crippen LogP contribution in [-0.2, 0) is 22.6 Å². The molecule has 0 aliphatic carbocycles. The third-order valence-electron chi connectivity index (χ3n) is 5.64. The molecule has 178 valence electrons. The number of benzene rings is 3. The molecule has 0 aliphatic rings. The van der Waals surface area contributed by atoms with Crippen molar-refractivity contribution in [2.24, 2.45) is 0 Å². The van der Waals surface area contributed by atoms with Crippen LogP contribution in [0.15, 0.2) is 84.9 Å². The number of hydrogen-bond acceptors (Lipinski definition) is 3. The Morgan fingerprint density at radius 2 is 1.50 bits per heavy atom. The standard InChI is InChI=1S/C28H31IN2O3/c1-3-21(2)30-28(33)26(18-22-10-6-4-7-11-22)31(19-23-12-8-5-9-13-23)27(32)20-34-25-16-14-24(29)15-17-25/h4-17,21,26H,3,18-20H2,1-2H3,(H,30,33)/t21-,26+/m1/s1. The zero-order valence-corrected chi connectivity index (χ0v) is 21.8. The predicted molar refractivity (Wildman–Crippen MR) is 143 cm³/mol. The van der Waals surface area contributed by atoms with E-state index < -0.39 is 6.04 Å². The van der Waals surface area contributed by atoms with Gasteiger partial charge in [0.25, 0.3) is 5.91 Å². The smallest absolute Gasteiger partial charge is 0.261 e. The van der Waals surface area contributed by atoms with Gasteiger partial charge in [-0.2, -0.15) is 0 Å². The van der Waals surface area contributed by atoms with Gasteiger partial charge in [-0.25, -0.2) is 0 Å². The second-order valence-electron chi connectivity index (χ2n) is 8.27. The molecule has 3 aromatic carbocycles. The fraction of sp³-hybridized carbons (Fsp3) is 0.286. The normalized spacial score (nSPS) is 12.4. The first-order chi connectivity index (χ1) is 16.5. The minimum absolute atomic E-state index is 0.0162. The summed E-state index contributed by atoms with van der Waals surface area (Å²) in [7, 11) is 0. The van der Waals surface area contributed by atoms with E-state index in [-0.39, 0.29) is 24.5 Å². The Hall–Kier alpha value is -2.87. The van der Waals surface area contributed by atoms with Gasteiger partial charge >= 0.3 is 0 Å². The van der Waals surface area contributed by atoms with Crippen LogP contribution in [-0.4, -0.2) is 35.4 Å². The van der Waals surface area contributed by atoms with Crippen LogP contribution in [0.4, 0.5) is 0 Å². The molecule has 5 nitrogen and oxygen atoms in total. The Morgan fingerprint density at radius 3 is 2.09 bits per heavy atom. The summed E-state index contributed by atoms with van der Waals surface area (Å²) in [6.45, 7) is 4.18. The van der Waals surface area contributed by atoms with Crippen LogP contribution in [0.5, 0.6) is 5.75 Å². The maximum atomic E-state index is 13.5. The molecule has 0 saturated heterocycles. The monoisotopic (exact) mass is 570 g/mol. The van der Waals surface area contributed by atoms with Crippen molar-refractivity contribution >= 4 is 34.4 Å². The van der Waals surface area contributed by atoms with E-state index >= 15 is 0 Å². The molecule has 3 aromatic rings. The van der Waals surface area contributed by atoms with Gasteiger partial charge in [0.1, 0.15) is 11.8 Å². The third-order valence-corrected chi connectivity index (χ3v) is 6.36. The van der Waals surface area contributed by atoms with E-state index in [2.05, 4.69) is 27.9 Å². The highest BCUT2D eigenvalue weighted by Crippen LogP contribution is 2.17. The highest BCUT2D eigenvalue weighted by molar-refractivity contribution is 14.1. The number of carbonyl (C=O) groups excluding carboxylic acids is 2. The minimum Gasteiger partial charge on any atom is -0.484 e. The largest absolute Gasteiger partial charge is 0.484 e. The number of carbonyl (C=O) groups is 2. The summed E-state index contributed by atoms with van der Waals surface area (Å²) in [6.07, 6.45) is 1.23. The van der Waals surface area contributed by atoms with Crippen LogP contribution in [0.3, 0.4) is 0 Å². The second-order valence-corrected chi connectivity index (χ2v) is 9.52. The molecule has 0 aliphatic heterocycles. The van der Waals surface area contributed by atoms with Crippen LogP contribution in [0, 0.1) is 3.57 Å². The van der Waals surface area contributed by atoms with Crippen molar-refractivity contribution in [2.75, 3.05) is 6.61 Å². The molecule has 0 heterocycles. The van der Waals surface area contributed by atoms with Crippen molar-refractivity contribution in [1.82, 2.24) is 10.2 Å². The molecule has 2 amide bonds. The lowest BCUT2D eigenvalue weighted by atomic mass is 10.0. The maximum absolute atomic E-state index is 13.5. The lowest BCUT2D eigenvalue weighted by Gasteiger charge is -2.32. The molecule has 34 heavy (non-hydrogen) atoms. The third kappa shape index (κ3) is 7.87. The quantitative estimate of drug-likeness (QED) is 0.322. The van der Waals surface area contributed by atoms with Crippen molar-refractivity contribution < 1.29 is 14.3 Å². The number of nitrogens with one attached hydrogen (secondary N) is 1. The van der Waals surface area contributed by atoms with E-state index in [1.54, 1.807) is 4.90 Å². The molecule has 0 unspecified atom stereocenters. The number of hydrogen-bond donors (Lipinski definition) is 1. The van der Waals surface area contributed by atoms with Crippen LogP contribution in [0.2, 0.25) is 0 Å². The topological polar surface area (TPSA) is 58.6 Å². The zero-order chi connectivity index (χ0) is 24.3. The van der Waals surface area contributed by atoms with Gasteiger partial charge in [0.15, 0.2) is 6.61 Å². The zero-order valence-electron chi connectivity index (χ0n) is 19.6. The SMILES string of the molecule is CC[C@@H](C)NC(=O)[C@H](Cc1ccccc1)N(Cc1ccccc1)C(=O)COc1ccc(I)cc1. The molecule has 6 heteroatoms. The predicted octanol–water partition coefficient (Wildman–Crippen LogP) is 5.22.